The van der Waals surface area contributed by atoms with Gasteiger partial charge in [-0.1, -0.05) is 17.7 Å². The van der Waals surface area contributed by atoms with Crippen molar-refractivity contribution in [3.63, 3.8) is 0 Å². The molecule has 0 radical (unpaired) electrons. The predicted octanol–water partition coefficient (Wildman–Crippen LogP) is 3.10. The van der Waals surface area contributed by atoms with Gasteiger partial charge in [0.15, 0.2) is 0 Å². The first-order valence-corrected chi connectivity index (χ1v) is 8.63. The number of carbonyl (C=O) groups excluding carboxylic acids is 1. The lowest BCUT2D eigenvalue weighted by Crippen LogP contribution is -2.44. The average molecular weight is 322 g/mol. The van der Waals surface area contributed by atoms with Crippen LogP contribution in [0.1, 0.15) is 56.8 Å². The molecule has 2 unspecified atom stereocenters. The minimum atomic E-state index is 0.186. The van der Waals surface area contributed by atoms with E-state index in [1.165, 1.54) is 5.56 Å². The van der Waals surface area contributed by atoms with Crippen molar-refractivity contribution in [3.8, 4) is 0 Å². The number of aromatic nitrogens is 1. The zero-order valence-electron chi connectivity index (χ0n) is 13.3. The first kappa shape index (κ1) is 15.8. The topological polar surface area (TPSA) is 45.2 Å². The summed E-state index contributed by atoms with van der Waals surface area (Å²) in [7, 11) is 0. The van der Waals surface area contributed by atoms with Crippen LogP contribution < -0.4 is 5.32 Å². The molecule has 1 amide bonds. The van der Waals surface area contributed by atoms with Crippen LogP contribution in [0.15, 0.2) is 12.1 Å². The third-order valence-corrected chi connectivity index (χ3v) is 5.02. The number of halogens is 1. The largest absolute Gasteiger partial charge is 0.352 e. The van der Waals surface area contributed by atoms with Crippen LogP contribution in [0.3, 0.4) is 0 Å². The molecule has 1 aromatic rings. The van der Waals surface area contributed by atoms with E-state index >= 15 is 0 Å². The van der Waals surface area contributed by atoms with Gasteiger partial charge in [0.2, 0.25) is 5.91 Å². The molecule has 5 heteroatoms. The molecule has 1 fully saturated rings. The number of hydrogen-bond donors (Lipinski definition) is 1. The van der Waals surface area contributed by atoms with Crippen LogP contribution in [0.4, 0.5) is 0 Å². The van der Waals surface area contributed by atoms with Gasteiger partial charge in [0, 0.05) is 36.8 Å². The zero-order valence-corrected chi connectivity index (χ0v) is 14.1. The lowest BCUT2D eigenvalue weighted by atomic mass is 9.89. The maximum Gasteiger partial charge on any atom is 0.220 e. The van der Waals surface area contributed by atoms with Crippen molar-refractivity contribution in [2.45, 2.75) is 64.1 Å². The first-order chi connectivity index (χ1) is 10.5. The van der Waals surface area contributed by atoms with Gasteiger partial charge in [0.05, 0.1) is 0 Å². The zero-order chi connectivity index (χ0) is 15.7. The van der Waals surface area contributed by atoms with Gasteiger partial charge >= 0.3 is 0 Å². The lowest BCUT2D eigenvalue weighted by molar-refractivity contribution is -0.119. The minimum absolute atomic E-state index is 0.186. The standard InChI is InChI=1S/C17H24ClN3O/c1-11(2)21(10-12-6-9-17(22)19-12)15-5-3-4-14-13(15)7-8-16(18)20-14/h7-8,11-12,15H,3-6,9-10H2,1-2H3,(H,19,22). The Kier molecular flexibility index (Phi) is 4.69. The second-order valence-corrected chi connectivity index (χ2v) is 7.06. The third kappa shape index (κ3) is 3.28. The van der Waals surface area contributed by atoms with Crippen LogP contribution in [-0.2, 0) is 11.2 Å². The van der Waals surface area contributed by atoms with Crippen molar-refractivity contribution in [2.24, 2.45) is 0 Å². The molecule has 2 heterocycles. The second-order valence-electron chi connectivity index (χ2n) is 6.67. The van der Waals surface area contributed by atoms with E-state index in [4.69, 9.17) is 11.6 Å². The fourth-order valence-electron chi connectivity index (χ4n) is 3.72. The Morgan fingerprint density at radius 1 is 1.36 bits per heavy atom. The Morgan fingerprint density at radius 2 is 2.18 bits per heavy atom. The highest BCUT2D eigenvalue weighted by Gasteiger charge is 2.32. The number of pyridine rings is 1. The number of carbonyl (C=O) groups is 1. The van der Waals surface area contributed by atoms with Gasteiger partial charge in [-0.2, -0.15) is 0 Å². The normalized spacial score (nSPS) is 24.7. The highest BCUT2D eigenvalue weighted by atomic mass is 35.5. The number of nitrogens with one attached hydrogen (secondary N) is 1. The Balaban J connectivity index is 1.82. The monoisotopic (exact) mass is 321 g/mol. The summed E-state index contributed by atoms with van der Waals surface area (Å²) in [4.78, 5) is 18.5. The number of hydrogen-bond acceptors (Lipinski definition) is 3. The van der Waals surface area contributed by atoms with E-state index in [-0.39, 0.29) is 11.9 Å². The lowest BCUT2D eigenvalue weighted by Gasteiger charge is -2.39. The molecule has 1 N–H and O–H groups in total. The molecule has 0 saturated carbocycles. The summed E-state index contributed by atoms with van der Waals surface area (Å²) >= 11 is 6.05. The van der Waals surface area contributed by atoms with Crippen LogP contribution in [0.25, 0.3) is 0 Å². The van der Waals surface area contributed by atoms with Crippen molar-refractivity contribution < 1.29 is 4.79 Å². The van der Waals surface area contributed by atoms with Gasteiger partial charge < -0.3 is 5.32 Å². The smallest absolute Gasteiger partial charge is 0.220 e. The highest BCUT2D eigenvalue weighted by Crippen LogP contribution is 2.35. The molecule has 22 heavy (non-hydrogen) atoms. The van der Waals surface area contributed by atoms with Crippen molar-refractivity contribution in [1.82, 2.24) is 15.2 Å². The number of rotatable bonds is 4. The number of nitrogens with zero attached hydrogens (tertiary/aromatic N) is 2. The molecule has 4 nitrogen and oxygen atoms in total. The van der Waals surface area contributed by atoms with Gasteiger partial charge in [-0.3, -0.25) is 9.69 Å². The van der Waals surface area contributed by atoms with Crippen molar-refractivity contribution in [3.05, 3.63) is 28.5 Å². The van der Waals surface area contributed by atoms with E-state index in [0.717, 1.165) is 37.9 Å². The van der Waals surface area contributed by atoms with E-state index < -0.39 is 0 Å². The summed E-state index contributed by atoms with van der Waals surface area (Å²) in [5.41, 5.74) is 2.46. The Morgan fingerprint density at radius 3 is 2.86 bits per heavy atom. The van der Waals surface area contributed by atoms with Crippen LogP contribution >= 0.6 is 11.6 Å². The summed E-state index contributed by atoms with van der Waals surface area (Å²) in [6, 6.07) is 5.13. The third-order valence-electron chi connectivity index (χ3n) is 4.81. The molecule has 0 bridgehead atoms. The van der Waals surface area contributed by atoms with Gasteiger partial charge in [0.1, 0.15) is 5.15 Å². The van der Waals surface area contributed by atoms with Crippen molar-refractivity contribution in [2.75, 3.05) is 6.54 Å². The molecule has 2 atom stereocenters. The number of aryl methyl sites for hydroxylation is 1. The maximum absolute atomic E-state index is 11.5. The predicted molar refractivity (Wildman–Crippen MR) is 87.9 cm³/mol. The number of fused-ring (bicyclic) bond motifs is 1. The van der Waals surface area contributed by atoms with E-state index in [0.29, 0.717) is 23.7 Å². The molecule has 120 valence electrons. The molecule has 0 aromatic carbocycles. The molecule has 1 saturated heterocycles. The molecular weight excluding hydrogens is 298 g/mol. The minimum Gasteiger partial charge on any atom is -0.352 e. The second kappa shape index (κ2) is 6.55. The van der Waals surface area contributed by atoms with E-state index in [1.807, 2.05) is 6.07 Å². The van der Waals surface area contributed by atoms with E-state index in [1.54, 1.807) is 0 Å². The molecule has 2 aliphatic rings. The first-order valence-electron chi connectivity index (χ1n) is 8.25. The quantitative estimate of drug-likeness (QED) is 0.867. The van der Waals surface area contributed by atoms with E-state index in [9.17, 15) is 4.79 Å². The number of amides is 1. The molecule has 0 spiro atoms. The summed E-state index contributed by atoms with van der Waals surface area (Å²) in [6.07, 6.45) is 4.91. The summed E-state index contributed by atoms with van der Waals surface area (Å²) in [5, 5.41) is 3.68. The Labute approximate surface area is 137 Å². The average Bonchev–Trinajstić information content (AvgIpc) is 2.89. The molecule has 1 aliphatic heterocycles. The maximum atomic E-state index is 11.5. The van der Waals surface area contributed by atoms with Gasteiger partial charge in [0.25, 0.3) is 0 Å². The molecule has 1 aromatic heterocycles. The summed E-state index contributed by atoms with van der Waals surface area (Å²) < 4.78 is 0. The van der Waals surface area contributed by atoms with Crippen molar-refractivity contribution >= 4 is 17.5 Å². The fraction of sp³-hybridized carbons (Fsp3) is 0.647. The summed E-state index contributed by atoms with van der Waals surface area (Å²) in [6.45, 7) is 5.37. The van der Waals surface area contributed by atoms with Crippen LogP contribution in [0.2, 0.25) is 5.15 Å². The highest BCUT2D eigenvalue weighted by molar-refractivity contribution is 6.29. The van der Waals surface area contributed by atoms with Crippen LogP contribution in [-0.4, -0.2) is 34.4 Å². The van der Waals surface area contributed by atoms with Gasteiger partial charge in [-0.25, -0.2) is 4.98 Å². The van der Waals surface area contributed by atoms with Crippen LogP contribution in [0.5, 0.6) is 0 Å². The molecular formula is C17H24ClN3O. The Hall–Kier alpha value is -1.13. The van der Waals surface area contributed by atoms with Crippen LogP contribution in [0, 0.1) is 0 Å². The summed E-state index contributed by atoms with van der Waals surface area (Å²) in [5.74, 6) is 0.186. The van der Waals surface area contributed by atoms with Gasteiger partial charge in [-0.15, -0.1) is 0 Å². The van der Waals surface area contributed by atoms with E-state index in [2.05, 4.69) is 35.1 Å². The Bertz CT molecular complexity index is 561. The fourth-order valence-corrected chi connectivity index (χ4v) is 3.88. The molecule has 3 rings (SSSR count). The van der Waals surface area contributed by atoms with Crippen molar-refractivity contribution in [1.29, 1.82) is 0 Å². The SMILES string of the molecule is CC(C)N(CC1CCC(=O)N1)C1CCCc2nc(Cl)ccc21. The van der Waals surface area contributed by atoms with Gasteiger partial charge in [-0.05, 0) is 51.2 Å². The molecule has 1 aliphatic carbocycles.